The van der Waals surface area contributed by atoms with E-state index < -0.39 is 0 Å². The number of hydrogen-bond acceptors (Lipinski definition) is 5. The highest BCUT2D eigenvalue weighted by Crippen LogP contribution is 2.40. The Bertz CT molecular complexity index is 657. The second-order valence-electron chi connectivity index (χ2n) is 5.01. The molecule has 0 fully saturated rings. The average molecular weight is 298 g/mol. The molecule has 6 nitrogen and oxygen atoms in total. The highest BCUT2D eigenvalue weighted by molar-refractivity contribution is 6.03. The van der Waals surface area contributed by atoms with Crippen LogP contribution < -0.4 is 15.1 Å². The van der Waals surface area contributed by atoms with Gasteiger partial charge in [-0.05, 0) is 12.1 Å². The van der Waals surface area contributed by atoms with Crippen LogP contribution in [0.15, 0.2) is 35.7 Å². The number of anilines is 2. The molecule has 0 spiro atoms. The van der Waals surface area contributed by atoms with Crippen LogP contribution in [0.4, 0.5) is 11.4 Å². The minimum absolute atomic E-state index is 0.0179. The van der Waals surface area contributed by atoms with Gasteiger partial charge in [0.15, 0.2) is 5.78 Å². The molecule has 0 saturated carbocycles. The predicted molar refractivity (Wildman–Crippen MR) is 84.2 cm³/mol. The number of benzene rings is 1. The van der Waals surface area contributed by atoms with Gasteiger partial charge < -0.3 is 15.1 Å². The van der Waals surface area contributed by atoms with E-state index in [9.17, 15) is 14.9 Å². The number of carbonyl (C=O) groups is 2. The Hall–Kier alpha value is -2.81. The molecule has 0 bridgehead atoms. The molecular formula is C16H18N4O2. The summed E-state index contributed by atoms with van der Waals surface area (Å²) < 4.78 is 0. The Labute approximate surface area is 129 Å². The van der Waals surface area contributed by atoms with Gasteiger partial charge in [0.05, 0.1) is 11.4 Å². The normalized spacial score (nSPS) is 12.7. The van der Waals surface area contributed by atoms with Crippen molar-refractivity contribution in [3.05, 3.63) is 35.7 Å². The number of rotatable bonds is 4. The molecule has 0 aliphatic carbocycles. The molecule has 1 aliphatic rings. The lowest BCUT2D eigenvalue weighted by Gasteiger charge is -2.19. The highest BCUT2D eigenvalue weighted by Gasteiger charge is 2.31. The maximum atomic E-state index is 12.3. The zero-order valence-corrected chi connectivity index (χ0v) is 12.9. The van der Waals surface area contributed by atoms with E-state index in [0.29, 0.717) is 5.82 Å². The van der Waals surface area contributed by atoms with Crippen LogP contribution >= 0.6 is 0 Å². The van der Waals surface area contributed by atoms with E-state index in [1.165, 1.54) is 7.05 Å². The van der Waals surface area contributed by atoms with Crippen molar-refractivity contribution in [1.82, 2.24) is 5.32 Å². The first-order chi connectivity index (χ1) is 10.5. The van der Waals surface area contributed by atoms with E-state index in [1.54, 1.807) is 0 Å². The molecule has 0 atom stereocenters. The third kappa shape index (κ3) is 2.66. The van der Waals surface area contributed by atoms with Gasteiger partial charge in [0, 0.05) is 34.0 Å². The summed E-state index contributed by atoms with van der Waals surface area (Å²) in [6, 6.07) is 9.68. The van der Waals surface area contributed by atoms with Crippen LogP contribution in [0.3, 0.4) is 0 Å². The molecule has 1 N–H and O–H groups in total. The van der Waals surface area contributed by atoms with Crippen LogP contribution in [0.1, 0.15) is 12.8 Å². The number of allylic oxidation sites excluding steroid dienone is 1. The third-order valence-electron chi connectivity index (χ3n) is 3.71. The fraction of sp³-hybridized carbons (Fsp3) is 0.312. The summed E-state index contributed by atoms with van der Waals surface area (Å²) in [6.07, 6.45) is 0.0955. The molecule has 1 amide bonds. The average Bonchev–Trinajstić information content (AvgIpc) is 2.79. The van der Waals surface area contributed by atoms with Crippen LogP contribution in [0.5, 0.6) is 0 Å². The maximum Gasteiger partial charge on any atom is 0.220 e. The number of ketones is 1. The fourth-order valence-corrected chi connectivity index (χ4v) is 2.53. The number of nitrogens with zero attached hydrogens (tertiary/aromatic N) is 3. The van der Waals surface area contributed by atoms with E-state index in [0.717, 1.165) is 11.4 Å². The number of nitrogens with one attached hydrogen (secondary N) is 1. The minimum atomic E-state index is -0.326. The van der Waals surface area contributed by atoms with Crippen molar-refractivity contribution in [2.24, 2.45) is 0 Å². The largest absolute Gasteiger partial charge is 0.359 e. The lowest BCUT2D eigenvalue weighted by atomic mass is 10.1. The summed E-state index contributed by atoms with van der Waals surface area (Å²) in [7, 11) is 5.16. The van der Waals surface area contributed by atoms with Crippen molar-refractivity contribution in [3.8, 4) is 6.07 Å². The second kappa shape index (κ2) is 6.31. The van der Waals surface area contributed by atoms with Crippen molar-refractivity contribution in [2.75, 3.05) is 30.9 Å². The van der Waals surface area contributed by atoms with Gasteiger partial charge in [-0.25, -0.2) is 0 Å². The summed E-state index contributed by atoms with van der Waals surface area (Å²) in [5.74, 6) is 0.00488. The monoisotopic (exact) mass is 298 g/mol. The van der Waals surface area contributed by atoms with E-state index >= 15 is 0 Å². The first kappa shape index (κ1) is 15.6. The van der Waals surface area contributed by atoms with Gasteiger partial charge >= 0.3 is 0 Å². The second-order valence-corrected chi connectivity index (χ2v) is 5.01. The Morgan fingerprint density at radius 3 is 2.14 bits per heavy atom. The number of hydrogen-bond donors (Lipinski definition) is 1. The molecule has 0 aromatic heterocycles. The smallest absolute Gasteiger partial charge is 0.220 e. The van der Waals surface area contributed by atoms with E-state index in [-0.39, 0.29) is 30.1 Å². The Kier molecular flexibility index (Phi) is 4.47. The molecule has 1 heterocycles. The van der Waals surface area contributed by atoms with Crippen molar-refractivity contribution in [3.63, 3.8) is 0 Å². The summed E-state index contributed by atoms with van der Waals surface area (Å²) in [6.45, 7) is 0. The molecule has 6 heteroatoms. The van der Waals surface area contributed by atoms with Crippen LogP contribution in [0.2, 0.25) is 0 Å². The standard InChI is InChI=1S/C16H18N4O2/c1-18-15(22)9-8-14(21)11(10-17)16-19(2)12-6-4-5-7-13(12)20(16)3/h4-7H,8-9H2,1-3H3,(H,18,22). The van der Waals surface area contributed by atoms with E-state index in [2.05, 4.69) is 5.32 Å². The van der Waals surface area contributed by atoms with Crippen LogP contribution in [-0.4, -0.2) is 32.8 Å². The molecular weight excluding hydrogens is 280 g/mol. The van der Waals surface area contributed by atoms with Gasteiger partial charge in [-0.15, -0.1) is 0 Å². The number of Topliss-reactive ketones (excluding diaryl/α,β-unsaturated/α-hetero) is 1. The summed E-state index contributed by atoms with van der Waals surface area (Å²) in [5, 5.41) is 11.9. The molecule has 0 saturated heterocycles. The van der Waals surface area contributed by atoms with Gasteiger partial charge in [-0.1, -0.05) is 12.1 Å². The SMILES string of the molecule is CNC(=O)CCC(=O)C(C#N)=C1N(C)c2ccccc2N1C. The van der Waals surface area contributed by atoms with Gasteiger partial charge in [-0.3, -0.25) is 9.59 Å². The quantitative estimate of drug-likeness (QED) is 0.671. The van der Waals surface area contributed by atoms with Crippen LogP contribution in [0.25, 0.3) is 0 Å². The van der Waals surface area contributed by atoms with Gasteiger partial charge in [0.1, 0.15) is 17.5 Å². The number of amides is 1. The molecule has 114 valence electrons. The number of nitriles is 1. The van der Waals surface area contributed by atoms with E-state index in [4.69, 9.17) is 0 Å². The topological polar surface area (TPSA) is 76.4 Å². The summed E-state index contributed by atoms with van der Waals surface area (Å²) in [4.78, 5) is 27.2. The number of fused-ring (bicyclic) bond motifs is 1. The van der Waals surface area contributed by atoms with Gasteiger partial charge in [0.25, 0.3) is 0 Å². The van der Waals surface area contributed by atoms with Crippen molar-refractivity contribution >= 4 is 23.1 Å². The number of para-hydroxylation sites is 2. The first-order valence-electron chi connectivity index (χ1n) is 6.96. The third-order valence-corrected chi connectivity index (χ3v) is 3.71. The van der Waals surface area contributed by atoms with Crippen LogP contribution in [-0.2, 0) is 9.59 Å². The fourth-order valence-electron chi connectivity index (χ4n) is 2.53. The van der Waals surface area contributed by atoms with Gasteiger partial charge in [-0.2, -0.15) is 5.26 Å². The molecule has 0 unspecified atom stereocenters. The molecule has 0 radical (unpaired) electrons. The summed E-state index contributed by atoms with van der Waals surface area (Å²) >= 11 is 0. The summed E-state index contributed by atoms with van der Waals surface area (Å²) in [5.41, 5.74) is 1.95. The number of carbonyl (C=O) groups excluding carboxylic acids is 2. The Balaban J connectivity index is 2.34. The Morgan fingerprint density at radius 2 is 1.68 bits per heavy atom. The molecule has 2 rings (SSSR count). The zero-order chi connectivity index (χ0) is 16.3. The molecule has 1 aromatic rings. The Morgan fingerprint density at radius 1 is 1.14 bits per heavy atom. The van der Waals surface area contributed by atoms with Crippen molar-refractivity contribution in [2.45, 2.75) is 12.8 Å². The minimum Gasteiger partial charge on any atom is -0.359 e. The van der Waals surface area contributed by atoms with Crippen molar-refractivity contribution < 1.29 is 9.59 Å². The lowest BCUT2D eigenvalue weighted by molar-refractivity contribution is -0.123. The molecule has 1 aromatic carbocycles. The maximum absolute atomic E-state index is 12.3. The predicted octanol–water partition coefficient (Wildman–Crippen LogP) is 1.40. The van der Waals surface area contributed by atoms with Gasteiger partial charge in [0.2, 0.25) is 5.91 Å². The zero-order valence-electron chi connectivity index (χ0n) is 12.9. The van der Waals surface area contributed by atoms with E-state index in [1.807, 2.05) is 54.2 Å². The molecule has 22 heavy (non-hydrogen) atoms. The lowest BCUT2D eigenvalue weighted by Crippen LogP contribution is -2.27. The van der Waals surface area contributed by atoms with Crippen LogP contribution in [0, 0.1) is 11.3 Å². The first-order valence-corrected chi connectivity index (χ1v) is 6.96. The highest BCUT2D eigenvalue weighted by atomic mass is 16.2. The molecule has 1 aliphatic heterocycles. The van der Waals surface area contributed by atoms with Crippen molar-refractivity contribution in [1.29, 1.82) is 5.26 Å².